The Bertz CT molecular complexity index is 890. The lowest BCUT2D eigenvalue weighted by Gasteiger charge is -2.32. The fraction of sp³-hybridized carbons (Fsp3) is 0.333. The maximum Gasteiger partial charge on any atom is 0.268 e. The van der Waals surface area contributed by atoms with Gasteiger partial charge in [-0.2, -0.15) is 0 Å². The van der Waals surface area contributed by atoms with Crippen molar-refractivity contribution in [2.45, 2.75) is 25.3 Å². The van der Waals surface area contributed by atoms with Crippen LogP contribution in [0.3, 0.4) is 0 Å². The van der Waals surface area contributed by atoms with Crippen molar-refractivity contribution in [3.05, 3.63) is 59.4 Å². The molecule has 4 rings (SSSR count). The quantitative estimate of drug-likeness (QED) is 0.746. The molecule has 8 heteroatoms. The van der Waals surface area contributed by atoms with Gasteiger partial charge in [-0.1, -0.05) is 0 Å². The zero-order valence-corrected chi connectivity index (χ0v) is 15.1. The number of piperidine rings is 1. The predicted molar refractivity (Wildman–Crippen MR) is 100 cm³/mol. The monoisotopic (exact) mass is 368 g/mol. The molecule has 0 aliphatic carbocycles. The van der Waals surface area contributed by atoms with E-state index in [0.717, 1.165) is 43.4 Å². The molecular weight excluding hydrogens is 348 g/mol. The Balaban J connectivity index is 1.51. The predicted octanol–water partition coefficient (Wildman–Crippen LogP) is 2.27. The summed E-state index contributed by atoms with van der Waals surface area (Å²) in [4.78, 5) is 26.6. The number of imidazole rings is 1. The van der Waals surface area contributed by atoms with Gasteiger partial charge in [0, 0.05) is 55.7 Å². The van der Waals surface area contributed by atoms with Crippen LogP contribution in [0, 0.1) is 0 Å². The molecule has 0 unspecified atom stereocenters. The first kappa shape index (κ1) is 16.7. The number of nitrogens with zero attached hydrogens (tertiary/aromatic N) is 5. The number of anilines is 1. The number of hydrogen-bond donors (Lipinski definition) is 1. The van der Waals surface area contributed by atoms with Crippen molar-refractivity contribution in [1.29, 1.82) is 0 Å². The molecule has 0 radical (unpaired) electrons. The second-order valence-electron chi connectivity index (χ2n) is 6.43. The van der Waals surface area contributed by atoms with Gasteiger partial charge in [0.25, 0.3) is 5.91 Å². The van der Waals surface area contributed by atoms with E-state index in [9.17, 15) is 4.79 Å². The zero-order chi connectivity index (χ0) is 17.9. The van der Waals surface area contributed by atoms with Gasteiger partial charge in [0.1, 0.15) is 11.5 Å². The molecule has 0 saturated carbocycles. The lowest BCUT2D eigenvalue weighted by molar-refractivity contribution is 0.0996. The van der Waals surface area contributed by atoms with Crippen LogP contribution < -0.4 is 10.6 Å². The van der Waals surface area contributed by atoms with E-state index in [1.165, 1.54) is 16.9 Å². The molecule has 1 aliphatic rings. The molecule has 26 heavy (non-hydrogen) atoms. The number of primary amides is 1. The first-order valence-electron chi connectivity index (χ1n) is 8.61. The Morgan fingerprint density at radius 1 is 1.31 bits per heavy atom. The van der Waals surface area contributed by atoms with Crippen molar-refractivity contribution in [1.82, 2.24) is 19.5 Å². The first-order valence-corrected chi connectivity index (χ1v) is 9.49. The van der Waals surface area contributed by atoms with Crippen LogP contribution in [0.2, 0.25) is 0 Å². The van der Waals surface area contributed by atoms with Gasteiger partial charge in [-0.25, -0.2) is 9.97 Å². The summed E-state index contributed by atoms with van der Waals surface area (Å²) in [6, 6.07) is 4.05. The smallest absolute Gasteiger partial charge is 0.268 e. The number of carbonyl (C=O) groups excluding carboxylic acids is 1. The van der Waals surface area contributed by atoms with Gasteiger partial charge in [0.05, 0.1) is 0 Å². The molecule has 4 heterocycles. The third-order valence-corrected chi connectivity index (χ3v) is 5.55. The van der Waals surface area contributed by atoms with E-state index in [1.54, 1.807) is 5.38 Å². The highest BCUT2D eigenvalue weighted by molar-refractivity contribution is 7.13. The van der Waals surface area contributed by atoms with Gasteiger partial charge >= 0.3 is 0 Å². The molecule has 0 spiro atoms. The average molecular weight is 368 g/mol. The van der Waals surface area contributed by atoms with Crippen LogP contribution in [0.1, 0.15) is 40.6 Å². The number of pyridine rings is 1. The van der Waals surface area contributed by atoms with Gasteiger partial charge in [0.2, 0.25) is 0 Å². The highest BCUT2D eigenvalue weighted by Crippen LogP contribution is 2.31. The minimum absolute atomic E-state index is 0.335. The molecule has 1 atom stereocenters. The molecule has 134 valence electrons. The second-order valence-corrected chi connectivity index (χ2v) is 7.27. The molecule has 1 amide bonds. The third-order valence-electron chi connectivity index (χ3n) is 4.65. The van der Waals surface area contributed by atoms with E-state index in [1.807, 2.05) is 36.9 Å². The highest BCUT2D eigenvalue weighted by Gasteiger charge is 2.26. The first-order chi connectivity index (χ1) is 12.7. The van der Waals surface area contributed by atoms with E-state index in [-0.39, 0.29) is 0 Å². The van der Waals surface area contributed by atoms with Crippen molar-refractivity contribution in [3.8, 4) is 0 Å². The summed E-state index contributed by atoms with van der Waals surface area (Å²) in [5.74, 6) is 0.952. The van der Waals surface area contributed by atoms with E-state index in [2.05, 4.69) is 24.4 Å². The molecule has 3 aromatic heterocycles. The van der Waals surface area contributed by atoms with Gasteiger partial charge < -0.3 is 15.2 Å². The summed E-state index contributed by atoms with van der Waals surface area (Å²) in [5, 5.41) is 2.59. The van der Waals surface area contributed by atoms with Crippen LogP contribution in [0.5, 0.6) is 0 Å². The van der Waals surface area contributed by atoms with E-state index >= 15 is 0 Å². The molecule has 0 aromatic carbocycles. The van der Waals surface area contributed by atoms with Gasteiger partial charge in [-0.05, 0) is 30.5 Å². The Hall–Kier alpha value is -2.74. The SMILES string of the molecule is NC(=O)c1csc(N2CCC[C@H](c3nccn3Cc3ccncc3)C2)n1. The minimum atomic E-state index is -0.478. The van der Waals surface area contributed by atoms with E-state index in [4.69, 9.17) is 5.73 Å². The van der Waals surface area contributed by atoms with E-state index in [0.29, 0.717) is 11.6 Å². The van der Waals surface area contributed by atoms with Crippen LogP contribution in [0.15, 0.2) is 42.3 Å². The van der Waals surface area contributed by atoms with Crippen molar-refractivity contribution in [2.24, 2.45) is 5.73 Å². The Morgan fingerprint density at radius 2 is 2.15 bits per heavy atom. The van der Waals surface area contributed by atoms with Crippen LogP contribution in [-0.2, 0) is 6.54 Å². The zero-order valence-electron chi connectivity index (χ0n) is 14.3. The van der Waals surface area contributed by atoms with Crippen LogP contribution >= 0.6 is 11.3 Å². The molecule has 1 saturated heterocycles. The lowest BCUT2D eigenvalue weighted by atomic mass is 9.97. The Labute approximate surface area is 155 Å². The normalized spacial score (nSPS) is 17.4. The molecule has 1 aliphatic heterocycles. The summed E-state index contributed by atoms with van der Waals surface area (Å²) >= 11 is 1.47. The number of nitrogens with two attached hydrogens (primary N) is 1. The summed E-state index contributed by atoms with van der Waals surface area (Å²) in [6.45, 7) is 2.57. The topological polar surface area (TPSA) is 89.9 Å². The van der Waals surface area contributed by atoms with Crippen molar-refractivity contribution < 1.29 is 4.79 Å². The van der Waals surface area contributed by atoms with Crippen LogP contribution in [0.4, 0.5) is 5.13 Å². The van der Waals surface area contributed by atoms with E-state index < -0.39 is 5.91 Å². The standard InChI is InChI=1S/C18H20N6OS/c19-16(25)15-12-26-18(22-15)24-8-1-2-14(11-24)17-21-7-9-23(17)10-13-3-5-20-6-4-13/h3-7,9,12,14H,1-2,8,10-11H2,(H2,19,25)/t14-/m0/s1. The summed E-state index contributed by atoms with van der Waals surface area (Å²) in [7, 11) is 0. The lowest BCUT2D eigenvalue weighted by Crippen LogP contribution is -2.35. The van der Waals surface area contributed by atoms with Crippen LogP contribution in [0.25, 0.3) is 0 Å². The molecule has 1 fully saturated rings. The molecule has 2 N–H and O–H groups in total. The number of amides is 1. The van der Waals surface area contributed by atoms with Crippen LogP contribution in [-0.4, -0.2) is 38.5 Å². The van der Waals surface area contributed by atoms with Gasteiger partial charge in [-0.15, -0.1) is 11.3 Å². The average Bonchev–Trinajstić information content (AvgIpc) is 3.32. The fourth-order valence-electron chi connectivity index (χ4n) is 3.38. The molecule has 3 aromatic rings. The minimum Gasteiger partial charge on any atom is -0.364 e. The number of hydrogen-bond acceptors (Lipinski definition) is 6. The Kier molecular flexibility index (Phi) is 4.66. The molecule has 0 bridgehead atoms. The maximum absolute atomic E-state index is 11.3. The highest BCUT2D eigenvalue weighted by atomic mass is 32.1. The number of carbonyl (C=O) groups is 1. The number of aromatic nitrogens is 4. The third kappa shape index (κ3) is 3.45. The number of thiazole rings is 1. The summed E-state index contributed by atoms with van der Waals surface area (Å²) in [6.07, 6.45) is 9.68. The van der Waals surface area contributed by atoms with Crippen molar-refractivity contribution in [3.63, 3.8) is 0 Å². The Morgan fingerprint density at radius 3 is 2.92 bits per heavy atom. The second kappa shape index (κ2) is 7.25. The summed E-state index contributed by atoms with van der Waals surface area (Å²) < 4.78 is 2.21. The van der Waals surface area contributed by atoms with Crippen molar-refractivity contribution >= 4 is 22.4 Å². The van der Waals surface area contributed by atoms with Gasteiger partial charge in [-0.3, -0.25) is 9.78 Å². The fourth-order valence-corrected chi connectivity index (χ4v) is 4.24. The summed E-state index contributed by atoms with van der Waals surface area (Å²) in [5.41, 5.74) is 6.87. The van der Waals surface area contributed by atoms with Gasteiger partial charge in [0.15, 0.2) is 5.13 Å². The van der Waals surface area contributed by atoms with Crippen molar-refractivity contribution in [2.75, 3.05) is 18.0 Å². The molecular formula is C18H20N6OS. The number of rotatable bonds is 5. The molecule has 7 nitrogen and oxygen atoms in total. The largest absolute Gasteiger partial charge is 0.364 e. The maximum atomic E-state index is 11.3.